The minimum Gasteiger partial charge on any atom is -0.341 e. The number of fused-ring (bicyclic) bond motifs is 1. The van der Waals surface area contributed by atoms with E-state index in [1.165, 1.54) is 11.9 Å². The number of nitrogens with one attached hydrogen (secondary N) is 1. The largest absolute Gasteiger partial charge is 0.341 e. The van der Waals surface area contributed by atoms with Gasteiger partial charge in [0.25, 0.3) is 0 Å². The number of hydrogen-bond acceptors (Lipinski definition) is 4. The van der Waals surface area contributed by atoms with Crippen molar-refractivity contribution in [2.45, 2.75) is 19.5 Å². The number of aromatic nitrogens is 5. The molecule has 1 atom stereocenters. The second kappa shape index (κ2) is 6.49. The second-order valence-electron chi connectivity index (χ2n) is 6.22. The van der Waals surface area contributed by atoms with Crippen molar-refractivity contribution in [3.8, 4) is 5.69 Å². The smallest absolute Gasteiger partial charge is 0.138 e. The quantitative estimate of drug-likeness (QED) is 0.609. The molecule has 25 heavy (non-hydrogen) atoms. The minimum atomic E-state index is 0.276. The van der Waals surface area contributed by atoms with Crippen LogP contribution in [0.5, 0.6) is 0 Å². The van der Waals surface area contributed by atoms with Crippen molar-refractivity contribution >= 4 is 11.0 Å². The van der Waals surface area contributed by atoms with Gasteiger partial charge in [-0.25, -0.2) is 14.6 Å². The molecule has 0 bridgehead atoms. The summed E-state index contributed by atoms with van der Waals surface area (Å²) in [4.78, 5) is 14.3. The number of aromatic amines is 1. The number of hydrogen-bond donors (Lipinski definition) is 1. The molecule has 0 amide bonds. The Kier molecular flexibility index (Phi) is 4.03. The number of H-pyrrole nitrogens is 1. The minimum absolute atomic E-state index is 0.276. The SMILES string of the molecule is C[C@@H](c1ccc(-n2cncn2)cc1)N(C)Cc1nc2ccccc2[nH]1. The van der Waals surface area contributed by atoms with Crippen LogP contribution in [0.1, 0.15) is 24.4 Å². The van der Waals surface area contributed by atoms with Crippen LogP contribution in [0.2, 0.25) is 0 Å². The number of imidazole rings is 1. The third-order valence-corrected chi connectivity index (χ3v) is 4.56. The van der Waals surface area contributed by atoms with E-state index in [-0.39, 0.29) is 6.04 Å². The molecule has 1 N–H and O–H groups in total. The Balaban J connectivity index is 1.48. The van der Waals surface area contributed by atoms with Gasteiger partial charge in [0.2, 0.25) is 0 Å². The molecular weight excluding hydrogens is 312 g/mol. The van der Waals surface area contributed by atoms with Crippen LogP contribution < -0.4 is 0 Å². The summed E-state index contributed by atoms with van der Waals surface area (Å²) in [5.74, 6) is 0.981. The van der Waals surface area contributed by atoms with Crippen LogP contribution >= 0.6 is 0 Å². The van der Waals surface area contributed by atoms with Crippen molar-refractivity contribution in [2.75, 3.05) is 7.05 Å². The summed E-state index contributed by atoms with van der Waals surface area (Å²) < 4.78 is 1.76. The third-order valence-electron chi connectivity index (χ3n) is 4.56. The van der Waals surface area contributed by atoms with E-state index in [1.54, 1.807) is 11.0 Å². The van der Waals surface area contributed by atoms with Crippen molar-refractivity contribution in [2.24, 2.45) is 0 Å². The van der Waals surface area contributed by atoms with Gasteiger partial charge in [-0.05, 0) is 43.8 Å². The average Bonchev–Trinajstić information content (AvgIpc) is 3.30. The fourth-order valence-corrected chi connectivity index (χ4v) is 2.96. The van der Waals surface area contributed by atoms with Gasteiger partial charge in [0.15, 0.2) is 0 Å². The van der Waals surface area contributed by atoms with E-state index < -0.39 is 0 Å². The summed E-state index contributed by atoms with van der Waals surface area (Å²) in [5, 5.41) is 4.16. The Bertz CT molecular complexity index is 922. The maximum Gasteiger partial charge on any atom is 0.138 e. The average molecular weight is 332 g/mol. The summed E-state index contributed by atoms with van der Waals surface area (Å²) >= 11 is 0. The summed E-state index contributed by atoms with van der Waals surface area (Å²) in [6.07, 6.45) is 3.24. The molecule has 0 saturated heterocycles. The maximum atomic E-state index is 4.66. The highest BCUT2D eigenvalue weighted by Gasteiger charge is 2.14. The third kappa shape index (κ3) is 3.16. The molecule has 4 aromatic rings. The molecule has 6 nitrogen and oxygen atoms in total. The standard InChI is InChI=1S/C19H20N6/c1-14(15-7-9-16(10-8-15)25-13-20-12-21-25)24(2)11-19-22-17-5-3-4-6-18(17)23-19/h3-10,12-14H,11H2,1-2H3,(H,22,23)/t14-/m0/s1. The van der Waals surface area contributed by atoms with Crippen molar-refractivity contribution in [3.63, 3.8) is 0 Å². The highest BCUT2D eigenvalue weighted by Crippen LogP contribution is 2.22. The Morgan fingerprint density at radius 1 is 1.12 bits per heavy atom. The summed E-state index contributed by atoms with van der Waals surface area (Å²) in [6.45, 7) is 2.97. The lowest BCUT2D eigenvalue weighted by molar-refractivity contribution is 0.248. The summed E-state index contributed by atoms with van der Waals surface area (Å²) in [7, 11) is 2.11. The van der Waals surface area contributed by atoms with E-state index in [0.717, 1.165) is 29.1 Å². The first-order chi connectivity index (χ1) is 12.2. The highest BCUT2D eigenvalue weighted by molar-refractivity contribution is 5.74. The second-order valence-corrected chi connectivity index (χ2v) is 6.22. The van der Waals surface area contributed by atoms with Crippen molar-refractivity contribution < 1.29 is 0 Å². The molecule has 0 spiro atoms. The molecule has 0 saturated carbocycles. The monoisotopic (exact) mass is 332 g/mol. The van der Waals surface area contributed by atoms with E-state index in [1.807, 2.05) is 18.2 Å². The maximum absolute atomic E-state index is 4.66. The molecule has 2 heterocycles. The van der Waals surface area contributed by atoms with Crippen LogP contribution in [0.25, 0.3) is 16.7 Å². The number of benzene rings is 2. The fourth-order valence-electron chi connectivity index (χ4n) is 2.96. The van der Waals surface area contributed by atoms with Crippen molar-refractivity contribution in [1.29, 1.82) is 0 Å². The molecule has 6 heteroatoms. The lowest BCUT2D eigenvalue weighted by Crippen LogP contribution is -2.22. The van der Waals surface area contributed by atoms with Gasteiger partial charge in [-0.2, -0.15) is 5.10 Å². The molecule has 126 valence electrons. The zero-order valence-corrected chi connectivity index (χ0v) is 14.3. The Morgan fingerprint density at radius 3 is 2.64 bits per heavy atom. The van der Waals surface area contributed by atoms with Crippen LogP contribution in [0.15, 0.2) is 61.2 Å². The predicted molar refractivity (Wildman–Crippen MR) is 97.3 cm³/mol. The predicted octanol–water partition coefficient (Wildman–Crippen LogP) is 3.34. The van der Waals surface area contributed by atoms with E-state index >= 15 is 0 Å². The van der Waals surface area contributed by atoms with Gasteiger partial charge in [0, 0.05) is 6.04 Å². The van der Waals surface area contributed by atoms with Gasteiger partial charge in [0.1, 0.15) is 18.5 Å². The first-order valence-electron chi connectivity index (χ1n) is 8.29. The molecule has 0 aliphatic heterocycles. The molecule has 0 aliphatic carbocycles. The van der Waals surface area contributed by atoms with E-state index in [0.29, 0.717) is 0 Å². The van der Waals surface area contributed by atoms with Gasteiger partial charge in [-0.3, -0.25) is 4.90 Å². The number of rotatable bonds is 5. The molecule has 2 aromatic heterocycles. The summed E-state index contributed by atoms with van der Waals surface area (Å²) in [6, 6.07) is 16.8. The Labute approximate surface area is 146 Å². The lowest BCUT2D eigenvalue weighted by atomic mass is 10.1. The highest BCUT2D eigenvalue weighted by atomic mass is 15.3. The number of para-hydroxylation sites is 2. The topological polar surface area (TPSA) is 62.6 Å². The Morgan fingerprint density at radius 2 is 1.92 bits per heavy atom. The van der Waals surface area contributed by atoms with Gasteiger partial charge >= 0.3 is 0 Å². The fraction of sp³-hybridized carbons (Fsp3) is 0.211. The van der Waals surface area contributed by atoms with E-state index in [4.69, 9.17) is 0 Å². The molecule has 0 radical (unpaired) electrons. The Hall–Kier alpha value is -2.99. The van der Waals surface area contributed by atoms with Gasteiger partial charge in [-0.15, -0.1) is 0 Å². The molecule has 0 aliphatic rings. The lowest BCUT2D eigenvalue weighted by Gasteiger charge is -2.24. The number of nitrogens with zero attached hydrogens (tertiary/aromatic N) is 5. The van der Waals surface area contributed by atoms with Gasteiger partial charge < -0.3 is 4.98 Å². The van der Waals surface area contributed by atoms with Crippen LogP contribution in [0.4, 0.5) is 0 Å². The van der Waals surface area contributed by atoms with Crippen molar-refractivity contribution in [1.82, 2.24) is 29.6 Å². The van der Waals surface area contributed by atoms with Crippen LogP contribution in [0, 0.1) is 0 Å². The van der Waals surface area contributed by atoms with E-state index in [2.05, 4.69) is 69.3 Å². The first kappa shape index (κ1) is 15.5. The molecule has 0 fully saturated rings. The molecule has 4 rings (SSSR count). The van der Waals surface area contributed by atoms with Gasteiger partial charge in [0.05, 0.1) is 23.3 Å². The normalized spacial score (nSPS) is 12.8. The molecule has 0 unspecified atom stereocenters. The first-order valence-corrected chi connectivity index (χ1v) is 8.29. The summed E-state index contributed by atoms with van der Waals surface area (Å²) in [5.41, 5.74) is 4.35. The molecule has 2 aromatic carbocycles. The zero-order valence-electron chi connectivity index (χ0n) is 14.3. The van der Waals surface area contributed by atoms with Crippen LogP contribution in [-0.2, 0) is 6.54 Å². The zero-order chi connectivity index (χ0) is 17.2. The van der Waals surface area contributed by atoms with Crippen molar-refractivity contribution in [3.05, 3.63) is 72.6 Å². The van der Waals surface area contributed by atoms with E-state index in [9.17, 15) is 0 Å². The van der Waals surface area contributed by atoms with Gasteiger partial charge in [-0.1, -0.05) is 24.3 Å². The van der Waals surface area contributed by atoms with Crippen LogP contribution in [-0.4, -0.2) is 36.7 Å². The van der Waals surface area contributed by atoms with Crippen LogP contribution in [0.3, 0.4) is 0 Å². The molecular formula is C19H20N6.